The second-order valence-electron chi connectivity index (χ2n) is 12.6. The van der Waals surface area contributed by atoms with Crippen molar-refractivity contribution in [3.63, 3.8) is 0 Å². The molecule has 4 aliphatic rings. The van der Waals surface area contributed by atoms with E-state index in [1.807, 2.05) is 19.4 Å². The van der Waals surface area contributed by atoms with Crippen molar-refractivity contribution in [2.75, 3.05) is 0 Å². The summed E-state index contributed by atoms with van der Waals surface area (Å²) in [5.41, 5.74) is 11.3. The highest BCUT2D eigenvalue weighted by molar-refractivity contribution is 5.25. The van der Waals surface area contributed by atoms with Gasteiger partial charge in [-0.2, -0.15) is 0 Å². The quantitative estimate of drug-likeness (QED) is 0.430. The summed E-state index contributed by atoms with van der Waals surface area (Å²) in [7, 11) is 0. The summed E-state index contributed by atoms with van der Waals surface area (Å²) in [4.78, 5) is 0. The highest BCUT2D eigenvalue weighted by Crippen LogP contribution is 2.67. The summed E-state index contributed by atoms with van der Waals surface area (Å²) < 4.78 is 0. The first-order valence-electron chi connectivity index (χ1n) is 13.7. The second-order valence-corrected chi connectivity index (χ2v) is 12.6. The summed E-state index contributed by atoms with van der Waals surface area (Å²) in [6.45, 7) is 18.5. The Kier molecular flexibility index (Phi) is 8.97. The summed E-state index contributed by atoms with van der Waals surface area (Å²) in [5, 5.41) is 0. The molecule has 0 aliphatic heterocycles. The van der Waals surface area contributed by atoms with Gasteiger partial charge in [0.25, 0.3) is 0 Å². The number of nitrogens with two attached hydrogens (primary N) is 1. The Labute approximate surface area is 202 Å². The standard InChI is InChI=1S/C28H47N.C2H6.CH4/c1-19(2)8-7-15-28(6,29)25-12-11-23-22-10-9-21-18-20(3)13-16-26(21,4)24(22)14-17-27(23,25)5;1-2;/h8-9,20,22-25H,7,10-18,29H2,1-6H3;1-2H3;1H4/t20?,22?,23?,24?,25-,26?,27?,28?;;/m0../s1. The number of rotatable bonds is 4. The molecule has 0 bridgehead atoms. The van der Waals surface area contributed by atoms with Gasteiger partial charge in [0.05, 0.1) is 0 Å². The van der Waals surface area contributed by atoms with E-state index in [0.717, 1.165) is 36.5 Å². The molecule has 0 aromatic heterocycles. The van der Waals surface area contributed by atoms with Gasteiger partial charge in [0.15, 0.2) is 0 Å². The van der Waals surface area contributed by atoms with Crippen LogP contribution in [0.1, 0.15) is 127 Å². The van der Waals surface area contributed by atoms with Gasteiger partial charge >= 0.3 is 0 Å². The highest BCUT2D eigenvalue weighted by Gasteiger charge is 2.60. The van der Waals surface area contributed by atoms with Crippen molar-refractivity contribution in [2.24, 2.45) is 46.2 Å². The fourth-order valence-corrected chi connectivity index (χ4v) is 8.77. The molecule has 3 saturated carbocycles. The zero-order valence-electron chi connectivity index (χ0n) is 22.2. The lowest BCUT2D eigenvalue weighted by Crippen LogP contribution is -2.55. The lowest BCUT2D eigenvalue weighted by atomic mass is 9.46. The smallest absolute Gasteiger partial charge is 0.0162 e. The maximum Gasteiger partial charge on any atom is 0.0162 e. The van der Waals surface area contributed by atoms with E-state index in [4.69, 9.17) is 5.73 Å². The molecule has 0 amide bonds. The van der Waals surface area contributed by atoms with Gasteiger partial charge in [-0.05, 0) is 125 Å². The molecule has 3 fully saturated rings. The van der Waals surface area contributed by atoms with E-state index in [1.165, 1.54) is 56.9 Å². The van der Waals surface area contributed by atoms with Crippen LogP contribution in [0.2, 0.25) is 0 Å². The van der Waals surface area contributed by atoms with Gasteiger partial charge in [-0.25, -0.2) is 0 Å². The van der Waals surface area contributed by atoms with Gasteiger partial charge in [-0.1, -0.05) is 65.3 Å². The summed E-state index contributed by atoms with van der Waals surface area (Å²) in [6.07, 6.45) is 18.6. The molecular formula is C31H57N. The number of fused-ring (bicyclic) bond motifs is 5. The molecule has 0 spiro atoms. The maximum absolute atomic E-state index is 7.07. The Morgan fingerprint density at radius 2 is 1.78 bits per heavy atom. The molecule has 0 aromatic rings. The first-order chi connectivity index (χ1) is 14.6. The molecular weight excluding hydrogens is 386 g/mol. The maximum atomic E-state index is 7.07. The van der Waals surface area contributed by atoms with Crippen LogP contribution >= 0.6 is 0 Å². The highest BCUT2D eigenvalue weighted by atomic mass is 14.8. The van der Waals surface area contributed by atoms with Crippen LogP contribution < -0.4 is 5.73 Å². The largest absolute Gasteiger partial charge is 0.325 e. The molecule has 4 aliphatic carbocycles. The van der Waals surface area contributed by atoms with Crippen molar-refractivity contribution in [2.45, 2.75) is 133 Å². The minimum absolute atomic E-state index is 0. The lowest BCUT2D eigenvalue weighted by molar-refractivity contribution is -0.0553. The Morgan fingerprint density at radius 3 is 2.44 bits per heavy atom. The number of hydrogen-bond acceptors (Lipinski definition) is 1. The van der Waals surface area contributed by atoms with Gasteiger partial charge in [-0.3, -0.25) is 0 Å². The average Bonchev–Trinajstić information content (AvgIpc) is 3.08. The van der Waals surface area contributed by atoms with Gasteiger partial charge in [0.2, 0.25) is 0 Å². The van der Waals surface area contributed by atoms with Crippen LogP contribution in [0, 0.1) is 40.4 Å². The fourth-order valence-electron chi connectivity index (χ4n) is 8.77. The van der Waals surface area contributed by atoms with E-state index in [-0.39, 0.29) is 13.0 Å². The third kappa shape index (κ3) is 4.80. The first-order valence-corrected chi connectivity index (χ1v) is 13.7. The van der Waals surface area contributed by atoms with Crippen molar-refractivity contribution in [3.05, 3.63) is 23.3 Å². The van der Waals surface area contributed by atoms with Crippen molar-refractivity contribution in [3.8, 4) is 0 Å². The number of hydrogen-bond donors (Lipinski definition) is 1. The van der Waals surface area contributed by atoms with Crippen molar-refractivity contribution in [1.29, 1.82) is 0 Å². The van der Waals surface area contributed by atoms with Crippen molar-refractivity contribution >= 4 is 0 Å². The zero-order chi connectivity index (χ0) is 23.0. The molecule has 0 radical (unpaired) electrons. The zero-order valence-corrected chi connectivity index (χ0v) is 22.2. The van der Waals surface area contributed by atoms with Crippen LogP contribution in [0.15, 0.2) is 23.3 Å². The normalized spacial score (nSPS) is 41.9. The predicted octanol–water partition coefficient (Wildman–Crippen LogP) is 9.33. The van der Waals surface area contributed by atoms with E-state index in [2.05, 4.69) is 53.7 Å². The van der Waals surface area contributed by atoms with E-state index in [0.29, 0.717) is 16.7 Å². The van der Waals surface area contributed by atoms with Crippen LogP contribution in [0.3, 0.4) is 0 Å². The van der Waals surface area contributed by atoms with E-state index < -0.39 is 0 Å². The van der Waals surface area contributed by atoms with Gasteiger partial charge < -0.3 is 5.73 Å². The topological polar surface area (TPSA) is 26.0 Å². The first kappa shape index (κ1) is 27.7. The van der Waals surface area contributed by atoms with Crippen molar-refractivity contribution in [1.82, 2.24) is 0 Å². The average molecular weight is 444 g/mol. The second kappa shape index (κ2) is 10.4. The van der Waals surface area contributed by atoms with Gasteiger partial charge in [0, 0.05) is 5.54 Å². The van der Waals surface area contributed by atoms with Gasteiger partial charge in [-0.15, -0.1) is 0 Å². The van der Waals surface area contributed by atoms with E-state index in [1.54, 1.807) is 0 Å². The number of allylic oxidation sites excluding steroid dienone is 4. The monoisotopic (exact) mass is 443 g/mol. The summed E-state index contributed by atoms with van der Waals surface area (Å²) >= 11 is 0. The molecule has 2 N–H and O–H groups in total. The molecule has 1 heteroatoms. The Balaban J connectivity index is 0.00000118. The fraction of sp³-hybridized carbons (Fsp3) is 0.871. The minimum atomic E-state index is -0.0257. The van der Waals surface area contributed by atoms with Gasteiger partial charge in [0.1, 0.15) is 0 Å². The third-order valence-corrected chi connectivity index (χ3v) is 10.4. The van der Waals surface area contributed by atoms with E-state index >= 15 is 0 Å². The molecule has 8 atom stereocenters. The van der Waals surface area contributed by atoms with Crippen molar-refractivity contribution < 1.29 is 0 Å². The molecule has 1 nitrogen and oxygen atoms in total. The summed E-state index contributed by atoms with van der Waals surface area (Å²) in [6, 6.07) is 0. The van der Waals surface area contributed by atoms with Crippen LogP contribution in [0.25, 0.3) is 0 Å². The van der Waals surface area contributed by atoms with E-state index in [9.17, 15) is 0 Å². The Bertz CT molecular complexity index is 681. The third-order valence-electron chi connectivity index (χ3n) is 10.4. The predicted molar refractivity (Wildman–Crippen MR) is 144 cm³/mol. The Morgan fingerprint density at radius 1 is 1.09 bits per heavy atom. The van der Waals surface area contributed by atoms with Crippen LogP contribution in [-0.4, -0.2) is 5.54 Å². The molecule has 0 saturated heterocycles. The minimum Gasteiger partial charge on any atom is -0.325 e. The molecule has 7 unspecified atom stereocenters. The lowest BCUT2D eigenvalue weighted by Gasteiger charge is -2.59. The van der Waals surface area contributed by atoms with Crippen LogP contribution in [0.4, 0.5) is 0 Å². The molecule has 0 heterocycles. The molecule has 32 heavy (non-hydrogen) atoms. The summed E-state index contributed by atoms with van der Waals surface area (Å²) in [5.74, 6) is 4.33. The SMILES string of the molecule is C.CC.CC(C)=CCCC(C)(N)[C@H]1CCC2C3CC=C4CC(C)CCC4(C)C3CCC21C. The molecule has 0 aromatic carbocycles. The molecule has 186 valence electrons. The Hall–Kier alpha value is -0.560. The van der Waals surface area contributed by atoms with Crippen LogP contribution in [-0.2, 0) is 0 Å². The molecule has 4 rings (SSSR count). The van der Waals surface area contributed by atoms with Crippen LogP contribution in [0.5, 0.6) is 0 Å².